The number of ketones is 1. The zero-order valence-corrected chi connectivity index (χ0v) is 19.1. The maximum absolute atomic E-state index is 13.2. The Morgan fingerprint density at radius 1 is 1.09 bits per heavy atom. The van der Waals surface area contributed by atoms with Crippen LogP contribution in [0, 0.1) is 6.92 Å². The van der Waals surface area contributed by atoms with Crippen LogP contribution in [0.4, 0.5) is 0 Å². The van der Waals surface area contributed by atoms with E-state index >= 15 is 0 Å². The van der Waals surface area contributed by atoms with Crippen molar-refractivity contribution in [3.63, 3.8) is 0 Å². The molecule has 33 heavy (non-hydrogen) atoms. The Labute approximate surface area is 194 Å². The lowest BCUT2D eigenvalue weighted by molar-refractivity contribution is -0.140. The molecular weight excluding hydrogens is 420 g/mol. The summed E-state index contributed by atoms with van der Waals surface area (Å²) in [5.74, 6) is -0.845. The number of aliphatic hydroxyl groups is 1. The van der Waals surface area contributed by atoms with Crippen LogP contribution in [0.3, 0.4) is 0 Å². The molecule has 0 saturated carbocycles. The average molecular weight is 451 g/mol. The number of Topliss-reactive ketones (excluding diaryl/α,β-unsaturated/α-hetero) is 1. The third-order valence-corrected chi connectivity index (χ3v) is 6.11. The average Bonchev–Trinajstić information content (AvgIpc) is 3.08. The Hall–Kier alpha value is -3.16. The van der Waals surface area contributed by atoms with E-state index < -0.39 is 17.7 Å². The predicted molar refractivity (Wildman–Crippen MR) is 125 cm³/mol. The third-order valence-electron chi connectivity index (χ3n) is 6.11. The summed E-state index contributed by atoms with van der Waals surface area (Å²) in [6.07, 6.45) is 0. The number of likely N-dealkylation sites (tertiary alicyclic amines) is 1. The van der Waals surface area contributed by atoms with Crippen molar-refractivity contribution in [3.8, 4) is 5.75 Å². The second-order valence-electron chi connectivity index (χ2n) is 8.32. The van der Waals surface area contributed by atoms with Crippen LogP contribution >= 0.6 is 0 Å². The topological polar surface area (TPSA) is 79.3 Å². The Morgan fingerprint density at radius 3 is 2.52 bits per heavy atom. The highest BCUT2D eigenvalue weighted by Gasteiger charge is 2.46. The van der Waals surface area contributed by atoms with E-state index in [0.717, 1.165) is 24.2 Å². The largest absolute Gasteiger partial charge is 0.507 e. The standard InChI is InChI=1S/C26H30N2O5/c1-3-33-21-6-4-5-20(17-21)24(29)22-23(19-9-7-18(2)8-10-19)28(26(31)25(22)30)12-11-27-13-15-32-16-14-27/h4-10,17,23,29H,3,11-16H2,1-2H3. The molecule has 2 heterocycles. The number of rotatable bonds is 7. The van der Waals surface area contributed by atoms with E-state index in [2.05, 4.69) is 4.90 Å². The van der Waals surface area contributed by atoms with E-state index in [1.807, 2.05) is 38.1 Å². The molecule has 1 N–H and O–H groups in total. The van der Waals surface area contributed by atoms with Gasteiger partial charge in [-0.25, -0.2) is 0 Å². The number of aliphatic hydroxyl groups excluding tert-OH is 1. The molecule has 0 radical (unpaired) electrons. The molecule has 0 aromatic heterocycles. The van der Waals surface area contributed by atoms with Gasteiger partial charge in [0.1, 0.15) is 11.5 Å². The lowest BCUT2D eigenvalue weighted by Crippen LogP contribution is -2.42. The van der Waals surface area contributed by atoms with Gasteiger partial charge in [0.25, 0.3) is 11.7 Å². The van der Waals surface area contributed by atoms with Gasteiger partial charge in [-0.1, -0.05) is 42.0 Å². The van der Waals surface area contributed by atoms with Crippen LogP contribution in [0.25, 0.3) is 5.76 Å². The van der Waals surface area contributed by atoms with E-state index in [1.54, 1.807) is 29.2 Å². The van der Waals surface area contributed by atoms with Crippen LogP contribution in [0.2, 0.25) is 0 Å². The summed E-state index contributed by atoms with van der Waals surface area (Å²) in [5, 5.41) is 11.2. The van der Waals surface area contributed by atoms with Crippen LogP contribution in [-0.2, 0) is 14.3 Å². The van der Waals surface area contributed by atoms with E-state index in [4.69, 9.17) is 9.47 Å². The van der Waals surface area contributed by atoms with Gasteiger partial charge in [0.05, 0.1) is 31.4 Å². The fourth-order valence-corrected chi connectivity index (χ4v) is 4.34. The zero-order valence-electron chi connectivity index (χ0n) is 19.1. The van der Waals surface area contributed by atoms with Crippen molar-refractivity contribution in [1.29, 1.82) is 0 Å². The van der Waals surface area contributed by atoms with Crippen LogP contribution in [0.15, 0.2) is 54.1 Å². The summed E-state index contributed by atoms with van der Waals surface area (Å²) >= 11 is 0. The van der Waals surface area contributed by atoms with Crippen LogP contribution < -0.4 is 4.74 Å². The van der Waals surface area contributed by atoms with Crippen LogP contribution in [0.5, 0.6) is 5.75 Å². The molecule has 7 nitrogen and oxygen atoms in total. The minimum atomic E-state index is -0.665. The van der Waals surface area contributed by atoms with Crippen molar-refractivity contribution in [3.05, 3.63) is 70.8 Å². The number of carbonyl (C=O) groups excluding carboxylic acids is 2. The summed E-state index contributed by atoms with van der Waals surface area (Å²) in [6, 6.07) is 14.0. The SMILES string of the molecule is CCOc1cccc(C(O)=C2C(=O)C(=O)N(CCN3CCOCC3)C2c2ccc(C)cc2)c1. The molecule has 4 rings (SSSR count). The lowest BCUT2D eigenvalue weighted by Gasteiger charge is -2.31. The number of ether oxygens (including phenoxy) is 2. The van der Waals surface area contributed by atoms with Crippen LogP contribution in [-0.4, -0.2) is 72.6 Å². The van der Waals surface area contributed by atoms with Crippen molar-refractivity contribution in [2.24, 2.45) is 0 Å². The molecule has 2 aliphatic rings. The molecule has 2 aliphatic heterocycles. The Kier molecular flexibility index (Phi) is 7.11. The highest BCUT2D eigenvalue weighted by molar-refractivity contribution is 6.46. The van der Waals surface area contributed by atoms with Gasteiger partial charge in [0.2, 0.25) is 0 Å². The molecule has 2 fully saturated rings. The van der Waals surface area contributed by atoms with Gasteiger partial charge < -0.3 is 19.5 Å². The quantitative estimate of drug-likeness (QED) is 0.397. The summed E-state index contributed by atoms with van der Waals surface area (Å²) in [7, 11) is 0. The fraction of sp³-hybridized carbons (Fsp3) is 0.385. The van der Waals surface area contributed by atoms with Crippen molar-refractivity contribution in [2.45, 2.75) is 19.9 Å². The summed E-state index contributed by atoms with van der Waals surface area (Å²) in [6.45, 7) is 8.29. The smallest absolute Gasteiger partial charge is 0.295 e. The lowest BCUT2D eigenvalue weighted by atomic mass is 9.94. The van der Waals surface area contributed by atoms with Gasteiger partial charge in [-0.05, 0) is 31.5 Å². The second-order valence-corrected chi connectivity index (χ2v) is 8.32. The van der Waals surface area contributed by atoms with Crippen molar-refractivity contribution >= 4 is 17.4 Å². The monoisotopic (exact) mass is 450 g/mol. The molecule has 2 aromatic rings. The molecule has 2 saturated heterocycles. The molecule has 2 aromatic carbocycles. The molecule has 0 bridgehead atoms. The molecule has 1 atom stereocenters. The normalized spacial score (nSPS) is 20.9. The Balaban J connectivity index is 1.73. The minimum absolute atomic E-state index is 0.111. The van der Waals surface area contributed by atoms with Gasteiger partial charge in [0, 0.05) is 31.7 Å². The zero-order chi connectivity index (χ0) is 23.4. The van der Waals surface area contributed by atoms with E-state index in [0.29, 0.717) is 44.2 Å². The van der Waals surface area contributed by atoms with Crippen molar-refractivity contribution in [2.75, 3.05) is 46.0 Å². The van der Waals surface area contributed by atoms with Crippen LogP contribution in [0.1, 0.15) is 29.7 Å². The molecule has 174 valence electrons. The summed E-state index contributed by atoms with van der Waals surface area (Å²) < 4.78 is 11.0. The maximum Gasteiger partial charge on any atom is 0.295 e. The summed E-state index contributed by atoms with van der Waals surface area (Å²) in [5.41, 5.74) is 2.43. The number of aryl methyl sites for hydroxylation is 1. The first-order valence-electron chi connectivity index (χ1n) is 11.4. The minimum Gasteiger partial charge on any atom is -0.507 e. The van der Waals surface area contributed by atoms with E-state index in [-0.39, 0.29) is 11.3 Å². The first-order valence-corrected chi connectivity index (χ1v) is 11.4. The molecule has 1 amide bonds. The van der Waals surface area contributed by atoms with Gasteiger partial charge in [0.15, 0.2) is 0 Å². The summed E-state index contributed by atoms with van der Waals surface area (Å²) in [4.78, 5) is 30.1. The van der Waals surface area contributed by atoms with Gasteiger partial charge in [-0.3, -0.25) is 14.5 Å². The number of carbonyl (C=O) groups is 2. The molecule has 0 aliphatic carbocycles. The van der Waals surface area contributed by atoms with Crippen molar-refractivity contribution in [1.82, 2.24) is 9.80 Å². The molecular formula is C26H30N2O5. The maximum atomic E-state index is 13.2. The molecule has 7 heteroatoms. The number of hydrogen-bond donors (Lipinski definition) is 1. The second kappa shape index (κ2) is 10.2. The first-order chi connectivity index (χ1) is 16.0. The highest BCUT2D eigenvalue weighted by Crippen LogP contribution is 2.39. The number of amides is 1. The first kappa shape index (κ1) is 23.0. The third kappa shape index (κ3) is 4.94. The molecule has 0 spiro atoms. The Morgan fingerprint density at radius 2 is 1.82 bits per heavy atom. The Bertz CT molecular complexity index is 1040. The molecule has 1 unspecified atom stereocenters. The number of benzene rings is 2. The van der Waals surface area contributed by atoms with Gasteiger partial charge in [-0.2, -0.15) is 0 Å². The van der Waals surface area contributed by atoms with Crippen molar-refractivity contribution < 1.29 is 24.2 Å². The fourth-order valence-electron chi connectivity index (χ4n) is 4.34. The van der Waals surface area contributed by atoms with E-state index in [1.165, 1.54) is 0 Å². The van der Waals surface area contributed by atoms with Gasteiger partial charge in [-0.15, -0.1) is 0 Å². The number of nitrogens with zero attached hydrogens (tertiary/aromatic N) is 2. The highest BCUT2D eigenvalue weighted by atomic mass is 16.5. The number of hydrogen-bond acceptors (Lipinski definition) is 6. The van der Waals surface area contributed by atoms with E-state index in [9.17, 15) is 14.7 Å². The predicted octanol–water partition coefficient (Wildman–Crippen LogP) is 3.15. The number of morpholine rings is 1. The van der Waals surface area contributed by atoms with Gasteiger partial charge >= 0.3 is 0 Å².